The maximum Gasteiger partial charge on any atom is 0.251 e. The molecule has 0 spiro atoms. The number of ether oxygens (including phenoxy) is 1. The highest BCUT2D eigenvalue weighted by Crippen LogP contribution is 2.30. The summed E-state index contributed by atoms with van der Waals surface area (Å²) in [6, 6.07) is 15.4. The Bertz CT molecular complexity index is 926. The first-order chi connectivity index (χ1) is 13.2. The van der Waals surface area contributed by atoms with Gasteiger partial charge < -0.3 is 15.0 Å². The third kappa shape index (κ3) is 3.62. The van der Waals surface area contributed by atoms with E-state index in [4.69, 9.17) is 4.74 Å². The van der Waals surface area contributed by atoms with Crippen molar-refractivity contribution in [3.05, 3.63) is 66.5 Å². The molecule has 0 aliphatic carbocycles. The summed E-state index contributed by atoms with van der Waals surface area (Å²) in [6.45, 7) is 1.64. The highest BCUT2D eigenvalue weighted by atomic mass is 16.5. The predicted molar refractivity (Wildman–Crippen MR) is 102 cm³/mol. The SMILES string of the molecule is COc1ccccc1N1CCC(NC(=O)c2cccc(-n3ccnn3)c2)C1. The van der Waals surface area contributed by atoms with Crippen molar-refractivity contribution >= 4 is 11.6 Å². The van der Waals surface area contributed by atoms with Crippen molar-refractivity contribution in [2.24, 2.45) is 0 Å². The minimum atomic E-state index is -0.0798. The number of amides is 1. The molecule has 27 heavy (non-hydrogen) atoms. The van der Waals surface area contributed by atoms with Gasteiger partial charge in [0.25, 0.3) is 5.91 Å². The summed E-state index contributed by atoms with van der Waals surface area (Å²) < 4.78 is 7.08. The molecule has 1 unspecified atom stereocenters. The van der Waals surface area contributed by atoms with Gasteiger partial charge in [-0.05, 0) is 36.8 Å². The summed E-state index contributed by atoms with van der Waals surface area (Å²) >= 11 is 0. The third-order valence-electron chi connectivity index (χ3n) is 4.74. The Kier molecular flexibility index (Phi) is 4.74. The zero-order valence-corrected chi connectivity index (χ0v) is 15.1. The van der Waals surface area contributed by atoms with Crippen LogP contribution in [0, 0.1) is 0 Å². The van der Waals surface area contributed by atoms with Gasteiger partial charge in [0, 0.05) is 24.7 Å². The van der Waals surface area contributed by atoms with Gasteiger partial charge in [0.1, 0.15) is 5.75 Å². The Morgan fingerprint density at radius 3 is 2.93 bits per heavy atom. The number of nitrogens with one attached hydrogen (secondary N) is 1. The van der Waals surface area contributed by atoms with Gasteiger partial charge in [0.05, 0.1) is 30.9 Å². The van der Waals surface area contributed by atoms with Crippen LogP contribution in [0.4, 0.5) is 5.69 Å². The van der Waals surface area contributed by atoms with Crippen LogP contribution < -0.4 is 15.0 Å². The molecule has 1 aliphatic rings. The number of hydrogen-bond acceptors (Lipinski definition) is 5. The number of anilines is 1. The average molecular weight is 363 g/mol. The van der Waals surface area contributed by atoms with E-state index in [0.717, 1.165) is 36.6 Å². The monoisotopic (exact) mass is 363 g/mol. The molecule has 7 nitrogen and oxygen atoms in total. The van der Waals surface area contributed by atoms with Crippen LogP contribution >= 0.6 is 0 Å². The van der Waals surface area contributed by atoms with E-state index in [9.17, 15) is 4.79 Å². The normalized spacial score (nSPS) is 16.3. The minimum absolute atomic E-state index is 0.0798. The molecule has 1 aromatic heterocycles. The number of aromatic nitrogens is 3. The van der Waals surface area contributed by atoms with Crippen LogP contribution in [-0.4, -0.2) is 47.1 Å². The number of para-hydroxylation sites is 2. The molecule has 1 N–H and O–H groups in total. The van der Waals surface area contributed by atoms with Crippen molar-refractivity contribution in [3.8, 4) is 11.4 Å². The number of hydrogen-bond donors (Lipinski definition) is 1. The van der Waals surface area contributed by atoms with Gasteiger partial charge in [-0.3, -0.25) is 4.79 Å². The quantitative estimate of drug-likeness (QED) is 0.753. The molecule has 1 atom stereocenters. The van der Waals surface area contributed by atoms with E-state index in [1.165, 1.54) is 0 Å². The Hall–Kier alpha value is -3.35. The predicted octanol–water partition coefficient (Wildman–Crippen LogP) is 2.28. The number of carbonyl (C=O) groups is 1. The van der Waals surface area contributed by atoms with E-state index in [2.05, 4.69) is 20.5 Å². The van der Waals surface area contributed by atoms with Crippen molar-refractivity contribution in [1.82, 2.24) is 20.3 Å². The van der Waals surface area contributed by atoms with Crippen molar-refractivity contribution in [1.29, 1.82) is 0 Å². The third-order valence-corrected chi connectivity index (χ3v) is 4.74. The first kappa shape index (κ1) is 17.1. The lowest BCUT2D eigenvalue weighted by atomic mass is 10.1. The molecule has 4 rings (SSSR count). The summed E-state index contributed by atoms with van der Waals surface area (Å²) in [4.78, 5) is 14.9. The van der Waals surface area contributed by atoms with E-state index in [1.54, 1.807) is 24.2 Å². The fourth-order valence-corrected chi connectivity index (χ4v) is 3.39. The summed E-state index contributed by atoms with van der Waals surface area (Å²) in [5.41, 5.74) is 2.48. The lowest BCUT2D eigenvalue weighted by molar-refractivity contribution is 0.0940. The van der Waals surface area contributed by atoms with Crippen LogP contribution in [0.3, 0.4) is 0 Å². The van der Waals surface area contributed by atoms with Gasteiger partial charge in [-0.2, -0.15) is 0 Å². The molecule has 1 amide bonds. The van der Waals surface area contributed by atoms with Gasteiger partial charge >= 0.3 is 0 Å². The molecule has 3 aromatic rings. The zero-order chi connectivity index (χ0) is 18.6. The van der Waals surface area contributed by atoms with E-state index in [0.29, 0.717) is 5.56 Å². The first-order valence-corrected chi connectivity index (χ1v) is 8.90. The second-order valence-corrected chi connectivity index (χ2v) is 6.47. The smallest absolute Gasteiger partial charge is 0.251 e. The fourth-order valence-electron chi connectivity index (χ4n) is 3.39. The van der Waals surface area contributed by atoms with Gasteiger partial charge in [-0.15, -0.1) is 5.10 Å². The minimum Gasteiger partial charge on any atom is -0.495 e. The highest BCUT2D eigenvalue weighted by Gasteiger charge is 2.26. The molecule has 0 saturated carbocycles. The number of carbonyl (C=O) groups excluding carboxylic acids is 1. The van der Waals surface area contributed by atoms with Crippen LogP contribution in [0.2, 0.25) is 0 Å². The lowest BCUT2D eigenvalue weighted by Crippen LogP contribution is -2.37. The average Bonchev–Trinajstić information content (AvgIpc) is 3.40. The van der Waals surface area contributed by atoms with Gasteiger partial charge in [0.2, 0.25) is 0 Å². The van der Waals surface area contributed by atoms with Gasteiger partial charge in [0.15, 0.2) is 0 Å². The van der Waals surface area contributed by atoms with Crippen LogP contribution in [0.15, 0.2) is 60.9 Å². The maximum absolute atomic E-state index is 12.7. The summed E-state index contributed by atoms with van der Waals surface area (Å²) in [5, 5.41) is 10.9. The summed E-state index contributed by atoms with van der Waals surface area (Å²) in [7, 11) is 1.68. The van der Waals surface area contributed by atoms with Crippen molar-refractivity contribution in [2.45, 2.75) is 12.5 Å². The second-order valence-electron chi connectivity index (χ2n) is 6.47. The van der Waals surface area contributed by atoms with E-state index in [1.807, 2.05) is 48.5 Å². The molecule has 2 heterocycles. The molecule has 1 saturated heterocycles. The second kappa shape index (κ2) is 7.49. The highest BCUT2D eigenvalue weighted by molar-refractivity contribution is 5.95. The molecule has 7 heteroatoms. The number of benzene rings is 2. The van der Waals surface area contributed by atoms with Gasteiger partial charge in [-0.1, -0.05) is 23.4 Å². The van der Waals surface area contributed by atoms with Crippen LogP contribution in [-0.2, 0) is 0 Å². The molecule has 0 radical (unpaired) electrons. The number of methoxy groups -OCH3 is 1. The Morgan fingerprint density at radius 2 is 2.11 bits per heavy atom. The summed E-state index contributed by atoms with van der Waals surface area (Å²) in [5.74, 6) is 0.772. The van der Waals surface area contributed by atoms with Crippen molar-refractivity contribution < 1.29 is 9.53 Å². The van der Waals surface area contributed by atoms with Gasteiger partial charge in [-0.25, -0.2) is 4.68 Å². The molecule has 1 aliphatic heterocycles. The molecular formula is C20H21N5O2. The molecule has 138 valence electrons. The van der Waals surface area contributed by atoms with Crippen molar-refractivity contribution in [2.75, 3.05) is 25.1 Å². The first-order valence-electron chi connectivity index (χ1n) is 8.90. The number of rotatable bonds is 5. The van der Waals surface area contributed by atoms with Crippen LogP contribution in [0.1, 0.15) is 16.8 Å². The standard InChI is InChI=1S/C20H21N5O2/c1-27-19-8-3-2-7-18(19)24-11-9-16(14-24)22-20(26)15-5-4-6-17(13-15)25-12-10-21-23-25/h2-8,10,12-13,16H,9,11,14H2,1H3,(H,22,26). The summed E-state index contributed by atoms with van der Waals surface area (Å²) in [6.07, 6.45) is 4.25. The Balaban J connectivity index is 1.43. The maximum atomic E-state index is 12.7. The molecule has 0 bridgehead atoms. The van der Waals surface area contributed by atoms with E-state index in [-0.39, 0.29) is 11.9 Å². The topological polar surface area (TPSA) is 72.3 Å². The van der Waals surface area contributed by atoms with E-state index >= 15 is 0 Å². The largest absolute Gasteiger partial charge is 0.495 e. The fraction of sp³-hybridized carbons (Fsp3) is 0.250. The zero-order valence-electron chi connectivity index (χ0n) is 15.1. The lowest BCUT2D eigenvalue weighted by Gasteiger charge is -2.21. The van der Waals surface area contributed by atoms with Crippen LogP contribution in [0.5, 0.6) is 5.75 Å². The number of nitrogens with zero attached hydrogens (tertiary/aromatic N) is 4. The van der Waals surface area contributed by atoms with Crippen molar-refractivity contribution in [3.63, 3.8) is 0 Å². The Labute approximate surface area is 157 Å². The Morgan fingerprint density at radius 1 is 1.22 bits per heavy atom. The van der Waals surface area contributed by atoms with Crippen LogP contribution in [0.25, 0.3) is 5.69 Å². The van der Waals surface area contributed by atoms with E-state index < -0.39 is 0 Å². The molecular weight excluding hydrogens is 342 g/mol. The molecule has 1 fully saturated rings. The molecule has 2 aromatic carbocycles.